The van der Waals surface area contributed by atoms with Crippen LogP contribution in [0.25, 0.3) is 0 Å². The zero-order chi connectivity index (χ0) is 18.4. The third kappa shape index (κ3) is 3.51. The van der Waals surface area contributed by atoms with Crippen LogP contribution in [0.2, 0.25) is 0 Å². The first-order chi connectivity index (χ1) is 13.1. The first kappa shape index (κ1) is 17.6. The van der Waals surface area contributed by atoms with Gasteiger partial charge in [0.1, 0.15) is 11.3 Å². The second-order valence-corrected chi connectivity index (χ2v) is 9.24. The van der Waals surface area contributed by atoms with Gasteiger partial charge in [-0.15, -0.1) is 5.10 Å². The van der Waals surface area contributed by atoms with Crippen molar-refractivity contribution in [3.8, 4) is 0 Å². The van der Waals surface area contributed by atoms with Crippen LogP contribution in [-0.2, 0) is 16.9 Å². The molecule has 1 aromatic heterocycles. The van der Waals surface area contributed by atoms with E-state index >= 15 is 0 Å². The number of aliphatic hydroxyl groups is 1. The normalized spacial score (nSPS) is 35.1. The summed E-state index contributed by atoms with van der Waals surface area (Å²) < 4.78 is 1.91. The molecule has 148 valence electrons. The van der Waals surface area contributed by atoms with Gasteiger partial charge >= 0.3 is 0 Å². The molecule has 0 aromatic carbocycles. The summed E-state index contributed by atoms with van der Waals surface area (Å²) in [5.41, 5.74) is -0.0474. The quantitative estimate of drug-likeness (QED) is 0.816. The molecule has 4 heterocycles. The number of amides is 1. The van der Waals surface area contributed by atoms with Gasteiger partial charge in [-0.1, -0.05) is 24.5 Å². The lowest BCUT2D eigenvalue weighted by atomic mass is 9.75. The third-order valence-corrected chi connectivity index (χ3v) is 7.23. The fraction of sp³-hybridized carbons (Fsp3) is 0.850. The zero-order valence-corrected chi connectivity index (χ0v) is 16.0. The van der Waals surface area contributed by atoms with Gasteiger partial charge in [0, 0.05) is 18.6 Å². The highest BCUT2D eigenvalue weighted by Crippen LogP contribution is 2.38. The van der Waals surface area contributed by atoms with Crippen molar-refractivity contribution >= 4 is 5.91 Å². The Kier molecular flexibility index (Phi) is 4.47. The van der Waals surface area contributed by atoms with Gasteiger partial charge in [0.15, 0.2) is 0 Å². The Morgan fingerprint density at radius 3 is 2.78 bits per heavy atom. The average molecular weight is 374 g/mol. The Labute approximate surface area is 160 Å². The number of nitrogens with one attached hydrogen (secondary N) is 1. The summed E-state index contributed by atoms with van der Waals surface area (Å²) in [6.45, 7) is 2.75. The van der Waals surface area contributed by atoms with Crippen molar-refractivity contribution in [1.82, 2.24) is 25.2 Å². The van der Waals surface area contributed by atoms with E-state index in [1.165, 1.54) is 6.42 Å². The maximum Gasteiger partial charge on any atom is 0.224 e. The van der Waals surface area contributed by atoms with Gasteiger partial charge in [0.25, 0.3) is 0 Å². The zero-order valence-electron chi connectivity index (χ0n) is 16.0. The molecule has 2 N–H and O–H groups in total. The van der Waals surface area contributed by atoms with Crippen LogP contribution in [0.15, 0.2) is 6.20 Å². The molecular formula is C20H31N5O2. The van der Waals surface area contributed by atoms with Crippen molar-refractivity contribution in [1.29, 1.82) is 0 Å². The van der Waals surface area contributed by atoms with E-state index in [9.17, 15) is 9.90 Å². The van der Waals surface area contributed by atoms with E-state index in [4.69, 9.17) is 0 Å². The van der Waals surface area contributed by atoms with Crippen LogP contribution < -0.4 is 5.32 Å². The lowest BCUT2D eigenvalue weighted by molar-refractivity contribution is -0.133. The lowest BCUT2D eigenvalue weighted by Gasteiger charge is -2.49. The lowest BCUT2D eigenvalue weighted by Crippen LogP contribution is -2.58. The molecule has 3 aliphatic heterocycles. The Bertz CT molecular complexity index is 694. The topological polar surface area (TPSA) is 83.3 Å². The summed E-state index contributed by atoms with van der Waals surface area (Å²) >= 11 is 0. The van der Waals surface area contributed by atoms with Gasteiger partial charge in [-0.25, -0.2) is 0 Å². The van der Waals surface area contributed by atoms with Gasteiger partial charge < -0.3 is 10.4 Å². The first-order valence-electron chi connectivity index (χ1n) is 10.8. The number of hydrogen-bond donors (Lipinski definition) is 2. The number of piperidine rings is 3. The molecule has 3 saturated heterocycles. The molecule has 7 heteroatoms. The van der Waals surface area contributed by atoms with E-state index in [0.717, 1.165) is 76.7 Å². The van der Waals surface area contributed by atoms with Crippen molar-refractivity contribution in [2.24, 2.45) is 11.8 Å². The molecule has 2 saturated carbocycles. The molecule has 2 bridgehead atoms. The van der Waals surface area contributed by atoms with Crippen molar-refractivity contribution in [2.45, 2.75) is 82.0 Å². The van der Waals surface area contributed by atoms with Gasteiger partial charge in [0.2, 0.25) is 5.91 Å². The van der Waals surface area contributed by atoms with E-state index in [1.807, 2.05) is 10.9 Å². The SMILES string of the molecule is O=C(NC1CC1)[C@H]1CN2CCC1C[C@@H]2Cn1cc(C2(O)CCCCC2)nn1. The van der Waals surface area contributed by atoms with Crippen molar-refractivity contribution in [3.63, 3.8) is 0 Å². The maximum atomic E-state index is 12.5. The smallest absolute Gasteiger partial charge is 0.224 e. The molecule has 1 amide bonds. The summed E-state index contributed by atoms with van der Waals surface area (Å²) in [6.07, 6.45) is 11.3. The standard InChI is InChI=1S/C20H31N5O2/c26-19(21-15-4-5-15)17-12-24-9-6-14(17)10-16(24)11-25-13-18(22-23-25)20(27)7-2-1-3-8-20/h13-17,27H,1-12H2,(H,21,26)/t14?,16-,17+/m1/s1. The maximum absolute atomic E-state index is 12.5. The molecule has 2 aliphatic carbocycles. The van der Waals surface area contributed by atoms with Crippen LogP contribution >= 0.6 is 0 Å². The summed E-state index contributed by atoms with van der Waals surface area (Å²) in [5, 5.41) is 22.7. The third-order valence-electron chi connectivity index (χ3n) is 7.23. The number of nitrogens with zero attached hydrogens (tertiary/aromatic N) is 4. The molecule has 5 fully saturated rings. The van der Waals surface area contributed by atoms with Crippen LogP contribution in [0.4, 0.5) is 0 Å². The van der Waals surface area contributed by atoms with E-state index in [1.54, 1.807) is 0 Å². The van der Waals surface area contributed by atoms with E-state index in [-0.39, 0.29) is 11.8 Å². The van der Waals surface area contributed by atoms with Crippen LogP contribution in [0.3, 0.4) is 0 Å². The fourth-order valence-corrected chi connectivity index (χ4v) is 5.37. The Morgan fingerprint density at radius 2 is 2.07 bits per heavy atom. The Balaban J connectivity index is 1.22. The number of carbonyl (C=O) groups is 1. The molecule has 5 aliphatic rings. The minimum Gasteiger partial charge on any atom is -0.383 e. The van der Waals surface area contributed by atoms with E-state index in [2.05, 4.69) is 20.5 Å². The van der Waals surface area contributed by atoms with Crippen LogP contribution in [0.1, 0.15) is 63.5 Å². The van der Waals surface area contributed by atoms with Gasteiger partial charge in [-0.05, 0) is 51.0 Å². The first-order valence-corrected chi connectivity index (χ1v) is 10.8. The highest BCUT2D eigenvalue weighted by atomic mass is 16.3. The predicted octanol–water partition coefficient (Wildman–Crippen LogP) is 1.42. The summed E-state index contributed by atoms with van der Waals surface area (Å²) in [6, 6.07) is 0.868. The average Bonchev–Trinajstić information content (AvgIpc) is 3.37. The number of hydrogen-bond acceptors (Lipinski definition) is 5. The molecule has 7 nitrogen and oxygen atoms in total. The minimum atomic E-state index is -0.783. The number of aromatic nitrogens is 3. The molecule has 4 atom stereocenters. The van der Waals surface area contributed by atoms with E-state index < -0.39 is 5.60 Å². The summed E-state index contributed by atoms with van der Waals surface area (Å²) in [7, 11) is 0. The van der Waals surface area contributed by atoms with E-state index in [0.29, 0.717) is 18.0 Å². The monoisotopic (exact) mass is 373 g/mol. The van der Waals surface area contributed by atoms with Crippen molar-refractivity contribution in [3.05, 3.63) is 11.9 Å². The van der Waals surface area contributed by atoms with Crippen LogP contribution in [0.5, 0.6) is 0 Å². The van der Waals surface area contributed by atoms with Crippen LogP contribution in [0, 0.1) is 11.8 Å². The van der Waals surface area contributed by atoms with Gasteiger partial charge in [0.05, 0.1) is 18.7 Å². The summed E-state index contributed by atoms with van der Waals surface area (Å²) in [5.74, 6) is 0.919. The highest BCUT2D eigenvalue weighted by Gasteiger charge is 2.44. The molecule has 0 radical (unpaired) electrons. The Morgan fingerprint density at radius 1 is 1.26 bits per heavy atom. The molecular weight excluding hydrogens is 342 g/mol. The molecule has 2 unspecified atom stereocenters. The summed E-state index contributed by atoms with van der Waals surface area (Å²) in [4.78, 5) is 15.0. The molecule has 27 heavy (non-hydrogen) atoms. The second-order valence-electron chi connectivity index (χ2n) is 9.24. The largest absolute Gasteiger partial charge is 0.383 e. The molecule has 1 aromatic rings. The van der Waals surface area contributed by atoms with Crippen molar-refractivity contribution in [2.75, 3.05) is 13.1 Å². The Hall–Kier alpha value is -1.47. The predicted molar refractivity (Wildman–Crippen MR) is 99.7 cm³/mol. The van der Waals surface area contributed by atoms with Gasteiger partial charge in [-0.3, -0.25) is 14.4 Å². The molecule has 0 spiro atoms. The van der Waals surface area contributed by atoms with Gasteiger partial charge in [-0.2, -0.15) is 0 Å². The fourth-order valence-electron chi connectivity index (χ4n) is 5.37. The number of fused-ring (bicyclic) bond motifs is 3. The van der Waals surface area contributed by atoms with Crippen molar-refractivity contribution < 1.29 is 9.90 Å². The van der Waals surface area contributed by atoms with Crippen LogP contribution in [-0.4, -0.2) is 56.1 Å². The number of carbonyl (C=O) groups excluding carboxylic acids is 1. The molecule has 6 rings (SSSR count). The number of rotatable bonds is 5. The highest BCUT2D eigenvalue weighted by molar-refractivity contribution is 5.80. The second kappa shape index (κ2) is 6.85. The minimum absolute atomic E-state index is 0.157.